The van der Waals surface area contributed by atoms with Crippen molar-refractivity contribution in [1.29, 1.82) is 0 Å². The van der Waals surface area contributed by atoms with Crippen LogP contribution in [0, 0.1) is 0 Å². The summed E-state index contributed by atoms with van der Waals surface area (Å²) in [5.41, 5.74) is -0.217. The zero-order valence-electron chi connectivity index (χ0n) is 23.8. The van der Waals surface area contributed by atoms with E-state index in [0.29, 0.717) is 31.6 Å². The van der Waals surface area contributed by atoms with Gasteiger partial charge in [0.2, 0.25) is 17.3 Å². The largest absolute Gasteiger partial charge is 1.00 e. The number of aromatic amines is 1. The minimum absolute atomic E-state index is 0. The maximum Gasteiger partial charge on any atom is 1.00 e. The number of ether oxygens (including phenoxy) is 3. The summed E-state index contributed by atoms with van der Waals surface area (Å²) in [5.74, 6) is -1.81. The van der Waals surface area contributed by atoms with E-state index in [-0.39, 0.29) is 96.9 Å². The van der Waals surface area contributed by atoms with Crippen LogP contribution in [0.1, 0.15) is 52.2 Å². The van der Waals surface area contributed by atoms with Gasteiger partial charge < -0.3 is 44.6 Å². The van der Waals surface area contributed by atoms with Crippen molar-refractivity contribution >= 4 is 24.4 Å². The maximum atomic E-state index is 11.3. The molecule has 3 heterocycles. The van der Waals surface area contributed by atoms with Gasteiger partial charge in [-0.15, -0.1) is 0 Å². The Balaban J connectivity index is -0.000000157. The number of nitrogens with zero attached hydrogens (tertiary/aromatic N) is 2. The van der Waals surface area contributed by atoms with Crippen molar-refractivity contribution in [3.05, 3.63) is 82.0 Å². The summed E-state index contributed by atoms with van der Waals surface area (Å²) in [6, 6.07) is 13.6. The van der Waals surface area contributed by atoms with Crippen LogP contribution in [-0.4, -0.2) is 80.1 Å². The molecule has 0 saturated carbocycles. The average Bonchev–Trinajstić information content (AvgIpc) is 2.95. The topological polar surface area (TPSA) is 255 Å². The molecular weight excluding hydrogens is 789 g/mol. The molecular formula is C25H29Ag2N3NaO13. The first kappa shape index (κ1) is 50.7. The number of aromatic carboxylic acids is 2. The van der Waals surface area contributed by atoms with Crippen molar-refractivity contribution in [1.82, 2.24) is 15.0 Å². The molecule has 0 fully saturated rings. The molecule has 0 aliphatic rings. The second kappa shape index (κ2) is 31.6. The van der Waals surface area contributed by atoms with Crippen molar-refractivity contribution in [3.8, 4) is 11.8 Å². The second-order valence-electron chi connectivity index (χ2n) is 6.52. The van der Waals surface area contributed by atoms with E-state index in [9.17, 15) is 19.2 Å². The van der Waals surface area contributed by atoms with Gasteiger partial charge in [0.25, 0.3) is 0 Å². The third-order valence-electron chi connectivity index (χ3n) is 3.77. The van der Waals surface area contributed by atoms with E-state index in [0.717, 1.165) is 6.47 Å². The van der Waals surface area contributed by atoms with Gasteiger partial charge in [-0.1, -0.05) is 18.2 Å². The van der Waals surface area contributed by atoms with Crippen LogP contribution in [0.3, 0.4) is 0 Å². The predicted octanol–water partition coefficient (Wildman–Crippen LogP) is -0.726. The summed E-state index contributed by atoms with van der Waals surface area (Å²) in [6.07, 6.45) is 0. The monoisotopic (exact) mass is 816 g/mol. The van der Waals surface area contributed by atoms with Crippen LogP contribution in [0.25, 0.3) is 0 Å². The fraction of sp³-hybridized carbons (Fsp3) is 0.240. The number of carboxylic acids is 2. The fourth-order valence-electron chi connectivity index (χ4n) is 2.30. The van der Waals surface area contributed by atoms with Gasteiger partial charge in [-0.05, 0) is 45.4 Å². The molecule has 1 radical (unpaired) electrons. The number of carboxylic acid groups (broad SMARTS) is 2. The molecule has 3 aromatic heterocycles. The fourth-order valence-corrected chi connectivity index (χ4v) is 2.30. The summed E-state index contributed by atoms with van der Waals surface area (Å²) >= 11 is 0. The third kappa shape index (κ3) is 23.6. The summed E-state index contributed by atoms with van der Waals surface area (Å²) in [5, 5.41) is 23.8. The molecule has 0 bridgehead atoms. The van der Waals surface area contributed by atoms with E-state index >= 15 is 0 Å². The van der Waals surface area contributed by atoms with Crippen molar-refractivity contribution in [3.63, 3.8) is 0 Å². The minimum Gasteiger partial charge on any atom is -0.870 e. The molecule has 19 heteroatoms. The molecule has 0 spiro atoms. The van der Waals surface area contributed by atoms with Crippen molar-refractivity contribution in [2.24, 2.45) is 0 Å². The Bertz CT molecular complexity index is 1280. The number of hydrogen-bond donors (Lipinski definition) is 4. The van der Waals surface area contributed by atoms with Crippen molar-refractivity contribution < 1.29 is 134 Å². The van der Waals surface area contributed by atoms with E-state index in [1.54, 1.807) is 37.3 Å². The van der Waals surface area contributed by atoms with E-state index < -0.39 is 23.5 Å². The molecule has 0 aromatic carbocycles. The summed E-state index contributed by atoms with van der Waals surface area (Å²) < 4.78 is 15.0. The Morgan fingerprint density at radius 1 is 0.818 bits per heavy atom. The van der Waals surface area contributed by atoms with Gasteiger partial charge in [-0.25, -0.2) is 29.6 Å². The van der Waals surface area contributed by atoms with Crippen molar-refractivity contribution in [2.45, 2.75) is 20.8 Å². The molecule has 44 heavy (non-hydrogen) atoms. The Kier molecular flexibility index (Phi) is 36.4. The van der Waals surface area contributed by atoms with Crippen LogP contribution in [0.4, 0.5) is 0 Å². The number of aromatic nitrogens is 3. The second-order valence-corrected chi connectivity index (χ2v) is 6.52. The number of nitrogens with one attached hydrogen (secondary N) is 1. The summed E-state index contributed by atoms with van der Waals surface area (Å²) in [4.78, 5) is 63.5. The van der Waals surface area contributed by atoms with Crippen molar-refractivity contribution in [2.75, 3.05) is 19.8 Å². The molecule has 0 saturated heterocycles. The van der Waals surface area contributed by atoms with E-state index in [4.69, 9.17) is 34.5 Å². The molecule has 0 aliphatic carbocycles. The Morgan fingerprint density at radius 3 is 1.64 bits per heavy atom. The summed E-state index contributed by atoms with van der Waals surface area (Å²) in [6.45, 7) is 7.52. The maximum absolute atomic E-state index is 11.3. The minimum atomic E-state index is -1.13. The molecule has 0 atom stereocenters. The van der Waals surface area contributed by atoms with Gasteiger partial charge in [-0.2, -0.15) is 0 Å². The quantitative estimate of drug-likeness (QED) is 0.0683. The smallest absolute Gasteiger partial charge is 0.870 e. The number of pyridine rings is 3. The van der Waals surface area contributed by atoms with Gasteiger partial charge in [-0.3, -0.25) is 4.79 Å². The molecule has 3 aromatic rings. The van der Waals surface area contributed by atoms with Crippen LogP contribution in [0.2, 0.25) is 0 Å². The summed E-state index contributed by atoms with van der Waals surface area (Å²) in [7, 11) is 0. The molecule has 16 nitrogen and oxygen atoms in total. The Morgan fingerprint density at radius 2 is 1.27 bits per heavy atom. The first-order chi connectivity index (χ1) is 19.1. The Hall–Kier alpha value is -2.87. The predicted molar refractivity (Wildman–Crippen MR) is 139 cm³/mol. The number of carbonyl (C=O) groups excluding carboxylic acids is 2. The van der Waals surface area contributed by atoms with Crippen LogP contribution < -0.4 is 44.6 Å². The first-order valence-corrected chi connectivity index (χ1v) is 11.3. The normalized spacial score (nSPS) is 8.18. The molecule has 0 unspecified atom stereocenters. The van der Waals surface area contributed by atoms with E-state index in [2.05, 4.69) is 19.8 Å². The molecule has 245 valence electrons. The van der Waals surface area contributed by atoms with Crippen LogP contribution in [0.5, 0.6) is 11.8 Å². The molecule has 0 aliphatic heterocycles. The number of carbonyl (C=O) groups is 3. The zero-order valence-corrected chi connectivity index (χ0v) is 28.7. The van der Waals surface area contributed by atoms with Crippen LogP contribution >= 0.6 is 0 Å². The van der Waals surface area contributed by atoms with Gasteiger partial charge in [0.1, 0.15) is 5.69 Å². The van der Waals surface area contributed by atoms with Gasteiger partial charge in [0, 0.05) is 40.6 Å². The number of H-pyrrole nitrogens is 1. The SMILES string of the molecule is CCOC(=O)c1cccc(OCC)n1.CCOc1cccc(C(=O)O)n1.O=C(O)c1cccc(=O)[nH]1.O=[C-]OO.[Ag+].[Ag].[Na+].[OH-]. The van der Waals surface area contributed by atoms with Crippen LogP contribution in [0.15, 0.2) is 59.4 Å². The van der Waals surface area contributed by atoms with E-state index in [1.165, 1.54) is 24.3 Å². The third-order valence-corrected chi connectivity index (χ3v) is 3.77. The zero-order chi connectivity index (χ0) is 30.3. The average molecular weight is 818 g/mol. The standard InChI is InChI=1S/C10H13NO3.C8H9NO3.C6H5NO3.CHO3.2Ag.Na.H2O/c1-3-13-9-7-5-6-8(11-9)10(12)14-4-2;1-2-12-7-5-3-4-6(9-7)8(10)11;8-5-3-1-2-4(7-5)6(9)10;2-1-4-3;;;;/h5-7H,3-4H2,1-2H3;3-5H,2H2,1H3,(H,10,11);1-3H,(H,7,8)(H,9,10);3H;;;;1H2/q;;;-1;;2*+1;/p-1. The van der Waals surface area contributed by atoms with Gasteiger partial charge in [0.05, 0.1) is 19.8 Å². The number of rotatable bonds is 9. The van der Waals surface area contributed by atoms with Crippen LogP contribution in [-0.2, 0) is 59.2 Å². The molecule has 3 rings (SSSR count). The number of hydrogen-bond acceptors (Lipinski definition) is 13. The van der Waals surface area contributed by atoms with E-state index in [1.807, 2.05) is 13.8 Å². The molecule has 5 N–H and O–H groups in total. The first-order valence-electron chi connectivity index (χ1n) is 11.3. The molecule has 0 amide bonds. The number of esters is 1. The van der Waals surface area contributed by atoms with Gasteiger partial charge in [0.15, 0.2) is 11.4 Å². The van der Waals surface area contributed by atoms with Gasteiger partial charge >= 0.3 is 69.8 Å². The Labute approximate surface area is 305 Å².